The first-order valence-electron chi connectivity index (χ1n) is 49.0. The van der Waals surface area contributed by atoms with Gasteiger partial charge in [0, 0.05) is 48.5 Å². The Morgan fingerprint density at radius 3 is 0.844 bits per heavy atom. The van der Waals surface area contributed by atoms with Crippen LogP contribution in [0.1, 0.15) is 539 Å². The molecule has 2 nitrogen and oxygen atoms in total. The van der Waals surface area contributed by atoms with Gasteiger partial charge in [-0.25, -0.2) is 4.70 Å². The second-order valence-electron chi connectivity index (χ2n) is 33.9. The molecule has 1 aliphatic rings. The van der Waals surface area contributed by atoms with Gasteiger partial charge >= 0.3 is 16.5 Å². The van der Waals surface area contributed by atoms with Crippen molar-refractivity contribution >= 4 is 11.4 Å². The van der Waals surface area contributed by atoms with E-state index in [1.54, 1.807) is 4.70 Å². The summed E-state index contributed by atoms with van der Waals surface area (Å²) >= 11 is 0. The molecule has 0 radical (unpaired) electrons. The van der Waals surface area contributed by atoms with Gasteiger partial charge in [-0.05, 0) is 99.3 Å². The smallest absolute Gasteiger partial charge is 0.493 e. The van der Waals surface area contributed by atoms with Crippen LogP contribution in [-0.2, 0) is 29.3 Å². The van der Waals surface area contributed by atoms with Gasteiger partial charge in [0.1, 0.15) is 0 Å². The van der Waals surface area contributed by atoms with E-state index in [2.05, 4.69) is 141 Å². The van der Waals surface area contributed by atoms with Crippen molar-refractivity contribution in [1.82, 2.24) is 0 Å². The molecule has 0 fully saturated rings. The van der Waals surface area contributed by atoms with Gasteiger partial charge in [-0.2, -0.15) is 12.8 Å². The fourth-order valence-corrected chi connectivity index (χ4v) is 16.1. The Labute approximate surface area is 695 Å². The number of unbranched alkanes of at least 4 members (excludes halogenated alkanes) is 59. The summed E-state index contributed by atoms with van der Waals surface area (Å²) in [5, 5.41) is 0. The van der Waals surface area contributed by atoms with Crippen LogP contribution in [0.15, 0.2) is 60.2 Å². The Hall–Kier alpha value is -2.87. The molecular formula is C106H186N2Ni. The Morgan fingerprint density at radius 1 is 0.284 bits per heavy atom. The molecule has 0 saturated heterocycles. The van der Waals surface area contributed by atoms with Crippen molar-refractivity contribution < 1.29 is 21.2 Å². The van der Waals surface area contributed by atoms with Gasteiger partial charge in [0.25, 0.3) is 0 Å². The summed E-state index contributed by atoms with van der Waals surface area (Å²) in [5.41, 5.74) is 20.6. The zero-order valence-electron chi connectivity index (χ0n) is 74.5. The second kappa shape index (κ2) is 86.0. The van der Waals surface area contributed by atoms with Crippen LogP contribution in [0, 0.1) is 49.4 Å². The zero-order valence-corrected chi connectivity index (χ0v) is 75.5. The predicted octanol–water partition coefficient (Wildman–Crippen LogP) is 37.1. The van der Waals surface area contributed by atoms with Gasteiger partial charge in [0.15, 0.2) is 0 Å². The number of hydrogen-bond acceptors (Lipinski definition) is 0. The molecule has 3 heteroatoms. The topological polar surface area (TPSA) is 25.3 Å². The summed E-state index contributed by atoms with van der Waals surface area (Å²) in [4.78, 5) is 0. The molecule has 2 aromatic carbocycles. The SMILES string of the molecule is CCCCC#CCC(CCCCCC)CCc1ccccc1C1=CC(CCCCCC)=C(c2ccccc2CCC(CC#CCCCC)CCCCCC)[N+]1=[N-].[CH2-]CCCCCCCCCCCCCCCCCCCCCCCCC.[CH2-]CCCCCCCCCCCCCCCCCCCCCCCCC.[Ni+2]. The molecule has 0 bridgehead atoms. The minimum absolute atomic E-state index is 0. The largest absolute Gasteiger partial charge is 2.00 e. The summed E-state index contributed by atoms with van der Waals surface area (Å²) in [5.74, 6) is 15.3. The minimum atomic E-state index is 0. The third kappa shape index (κ3) is 65.0. The first-order chi connectivity index (χ1) is 53.4. The van der Waals surface area contributed by atoms with E-state index in [0.717, 1.165) is 88.4 Å². The van der Waals surface area contributed by atoms with Crippen LogP contribution in [-0.4, -0.2) is 4.70 Å². The van der Waals surface area contributed by atoms with Crippen LogP contribution in [0.4, 0.5) is 0 Å². The van der Waals surface area contributed by atoms with E-state index in [4.69, 9.17) is 0 Å². The number of aryl methyl sites for hydroxylation is 2. The van der Waals surface area contributed by atoms with E-state index in [1.165, 1.54) is 432 Å². The van der Waals surface area contributed by atoms with E-state index in [9.17, 15) is 5.53 Å². The van der Waals surface area contributed by atoms with Crippen molar-refractivity contribution in [2.24, 2.45) is 11.8 Å². The maximum atomic E-state index is 12.3. The van der Waals surface area contributed by atoms with Crippen LogP contribution in [0.5, 0.6) is 0 Å². The molecule has 109 heavy (non-hydrogen) atoms. The Bertz CT molecular complexity index is 2320. The Kier molecular flexibility index (Phi) is 83.7. The molecule has 0 N–H and O–H groups in total. The fraction of sp³-hybridized carbons (Fsp3) is 0.792. The van der Waals surface area contributed by atoms with Crippen LogP contribution in [0.2, 0.25) is 0 Å². The van der Waals surface area contributed by atoms with Crippen molar-refractivity contribution in [2.75, 3.05) is 0 Å². The molecule has 0 aliphatic carbocycles. The number of nitrogens with zero attached hydrogens (tertiary/aromatic N) is 2. The van der Waals surface area contributed by atoms with E-state index in [1.807, 2.05) is 0 Å². The van der Waals surface area contributed by atoms with E-state index >= 15 is 0 Å². The second-order valence-corrected chi connectivity index (χ2v) is 33.9. The van der Waals surface area contributed by atoms with Crippen LogP contribution >= 0.6 is 0 Å². The quantitative estimate of drug-likeness (QED) is 0.0207. The molecule has 2 atom stereocenters. The standard InChI is InChI=1S/C54H80N2.2C26H53.Ni/c1-6-11-16-21-25-34-46(32-23-18-13-8-3)41-43-48-36-28-30-39-51(48)53-45-50(38-27-20-15-10-5)54(56(53)55)52-40-31-29-37-49(52)44-42-47(33-24-19-14-9-4)35-26-22-17-12-7-2;2*1-3-5-7-9-11-13-15-17-19-21-23-25-26-24-22-20-18-16-14-12-10-8-6-4-2;/h28-31,36-37,39-40,45-47H,6-20,23-24,27,32-35,38,41-44H2,1-5H3;2*1,3-26H2,2H3;/q;2*-1;+2. The van der Waals surface area contributed by atoms with Gasteiger partial charge in [-0.1, -0.05) is 464 Å². The van der Waals surface area contributed by atoms with Crippen molar-refractivity contribution in [2.45, 2.75) is 530 Å². The summed E-state index contributed by atoms with van der Waals surface area (Å²) in [7, 11) is 0. The molecule has 0 aromatic heterocycles. The van der Waals surface area contributed by atoms with Crippen LogP contribution < -0.4 is 0 Å². The number of allylic oxidation sites excluding steroid dienone is 2. The van der Waals surface area contributed by atoms with Gasteiger partial charge in [-0.3, -0.25) is 0 Å². The van der Waals surface area contributed by atoms with Gasteiger partial charge < -0.3 is 19.4 Å². The Balaban J connectivity index is 0.00000183. The molecule has 0 saturated carbocycles. The van der Waals surface area contributed by atoms with Crippen molar-refractivity contribution in [3.8, 4) is 23.7 Å². The van der Waals surface area contributed by atoms with Crippen LogP contribution in [0.25, 0.3) is 16.9 Å². The monoisotopic (exact) mass is 1550 g/mol. The predicted molar refractivity (Wildman–Crippen MR) is 489 cm³/mol. The third-order valence-corrected chi connectivity index (χ3v) is 23.5. The van der Waals surface area contributed by atoms with E-state index in [0.29, 0.717) is 11.8 Å². The van der Waals surface area contributed by atoms with Gasteiger partial charge in [-0.15, -0.1) is 23.7 Å². The Morgan fingerprint density at radius 2 is 0.541 bits per heavy atom. The van der Waals surface area contributed by atoms with E-state index < -0.39 is 0 Å². The molecule has 1 heterocycles. The number of hydrogen-bond donors (Lipinski definition) is 0. The molecule has 2 aromatic rings. The fourth-order valence-electron chi connectivity index (χ4n) is 16.1. The molecule has 0 amide bonds. The summed E-state index contributed by atoms with van der Waals surface area (Å²) in [6.07, 6.45) is 104. The zero-order chi connectivity index (χ0) is 78.0. The number of rotatable bonds is 75. The van der Waals surface area contributed by atoms with Crippen LogP contribution in [0.3, 0.4) is 0 Å². The summed E-state index contributed by atoms with van der Waals surface area (Å²) in [6.45, 7) is 23.8. The molecule has 0 spiro atoms. The molecule has 2 unspecified atom stereocenters. The van der Waals surface area contributed by atoms with Crippen molar-refractivity contribution in [3.63, 3.8) is 0 Å². The normalized spacial score (nSPS) is 12.4. The third-order valence-electron chi connectivity index (χ3n) is 23.5. The maximum absolute atomic E-state index is 12.3. The van der Waals surface area contributed by atoms with Crippen molar-refractivity contribution in [3.05, 3.63) is 102 Å². The first-order valence-corrected chi connectivity index (χ1v) is 49.0. The summed E-state index contributed by atoms with van der Waals surface area (Å²) < 4.78 is 1.57. The van der Waals surface area contributed by atoms with E-state index in [-0.39, 0.29) is 16.5 Å². The average Bonchev–Trinajstić information content (AvgIpc) is 1.63. The summed E-state index contributed by atoms with van der Waals surface area (Å²) in [6, 6.07) is 17.8. The number of benzene rings is 2. The maximum Gasteiger partial charge on any atom is 2.00 e. The molecular weight excluding hydrogens is 1360 g/mol. The average molecular weight is 1550 g/mol. The minimum Gasteiger partial charge on any atom is -0.493 e. The first kappa shape index (κ1) is 106. The molecule has 3 rings (SSSR count). The van der Waals surface area contributed by atoms with Gasteiger partial charge in [0.2, 0.25) is 11.4 Å². The van der Waals surface area contributed by atoms with Gasteiger partial charge in [0.05, 0.1) is 0 Å². The molecule has 1 aliphatic heterocycles. The molecule has 630 valence electrons. The van der Waals surface area contributed by atoms with Crippen molar-refractivity contribution in [1.29, 1.82) is 0 Å².